The summed E-state index contributed by atoms with van der Waals surface area (Å²) in [6.07, 6.45) is 1.93. The third-order valence-corrected chi connectivity index (χ3v) is 5.21. The summed E-state index contributed by atoms with van der Waals surface area (Å²) in [4.78, 5) is 23.6. The van der Waals surface area contributed by atoms with E-state index >= 15 is 0 Å². The van der Waals surface area contributed by atoms with E-state index in [0.29, 0.717) is 12.8 Å². The van der Waals surface area contributed by atoms with Crippen molar-refractivity contribution < 1.29 is 14.7 Å². The average Bonchev–Trinajstić information content (AvgIpc) is 2.98. The van der Waals surface area contributed by atoms with Crippen LogP contribution in [0.2, 0.25) is 0 Å². The minimum Gasteiger partial charge on any atom is -0.481 e. The summed E-state index contributed by atoms with van der Waals surface area (Å²) in [6, 6.07) is 9.90. The van der Waals surface area contributed by atoms with Crippen molar-refractivity contribution >= 4 is 11.9 Å². The Labute approximate surface area is 124 Å². The lowest BCUT2D eigenvalue weighted by molar-refractivity contribution is -0.146. The number of hydrogen-bond donors (Lipinski definition) is 2. The highest BCUT2D eigenvalue weighted by Crippen LogP contribution is 2.64. The Bertz CT molecular complexity index is 575. The molecule has 0 radical (unpaired) electrons. The van der Waals surface area contributed by atoms with Crippen LogP contribution >= 0.6 is 0 Å². The lowest BCUT2D eigenvalue weighted by atomic mass is 9.79. The van der Waals surface area contributed by atoms with Gasteiger partial charge in [0.1, 0.15) is 0 Å². The molecule has 1 atom stereocenters. The van der Waals surface area contributed by atoms with Crippen LogP contribution in [-0.2, 0) is 15.0 Å². The van der Waals surface area contributed by atoms with Crippen LogP contribution < -0.4 is 5.32 Å². The molecule has 0 aliphatic heterocycles. The van der Waals surface area contributed by atoms with Crippen molar-refractivity contribution in [3.63, 3.8) is 0 Å². The van der Waals surface area contributed by atoms with Gasteiger partial charge in [-0.05, 0) is 30.2 Å². The van der Waals surface area contributed by atoms with Crippen LogP contribution in [-0.4, -0.2) is 23.0 Å². The van der Waals surface area contributed by atoms with E-state index in [0.717, 1.165) is 12.0 Å². The number of carbonyl (C=O) groups is 2. The maximum atomic E-state index is 12.8. The first kappa shape index (κ1) is 14.1. The van der Waals surface area contributed by atoms with Crippen molar-refractivity contribution in [2.45, 2.75) is 44.6 Å². The molecule has 2 N–H and O–H groups in total. The number of rotatable bonds is 4. The maximum absolute atomic E-state index is 12.8. The number of hydrogen-bond acceptors (Lipinski definition) is 2. The molecule has 2 saturated carbocycles. The molecule has 2 aliphatic rings. The number of aliphatic carboxylic acids is 1. The Kier molecular flexibility index (Phi) is 3.08. The third-order valence-electron chi connectivity index (χ3n) is 5.21. The van der Waals surface area contributed by atoms with Crippen LogP contribution in [0, 0.1) is 11.3 Å². The van der Waals surface area contributed by atoms with Gasteiger partial charge in [0, 0.05) is 6.04 Å². The van der Waals surface area contributed by atoms with Gasteiger partial charge in [-0.15, -0.1) is 0 Å². The summed E-state index contributed by atoms with van der Waals surface area (Å²) < 4.78 is 0. The molecule has 3 rings (SSSR count). The maximum Gasteiger partial charge on any atom is 0.306 e. The fraction of sp³-hybridized carbons (Fsp3) is 0.529. The summed E-state index contributed by atoms with van der Waals surface area (Å²) in [5.74, 6) is -1.01. The van der Waals surface area contributed by atoms with Crippen LogP contribution in [0.15, 0.2) is 30.3 Å². The highest BCUT2D eigenvalue weighted by Gasteiger charge is 2.67. The van der Waals surface area contributed by atoms with Gasteiger partial charge in [0.05, 0.1) is 11.3 Å². The Balaban J connectivity index is 1.72. The molecule has 1 aromatic rings. The summed E-state index contributed by atoms with van der Waals surface area (Å²) in [6.45, 7) is 4.22. The summed E-state index contributed by atoms with van der Waals surface area (Å²) in [5, 5.41) is 12.0. The molecule has 0 heterocycles. The summed E-state index contributed by atoms with van der Waals surface area (Å²) in [7, 11) is 0. The fourth-order valence-corrected chi connectivity index (χ4v) is 3.60. The van der Waals surface area contributed by atoms with Gasteiger partial charge in [-0.25, -0.2) is 0 Å². The molecule has 21 heavy (non-hydrogen) atoms. The van der Waals surface area contributed by atoms with Crippen LogP contribution in [0.5, 0.6) is 0 Å². The Morgan fingerprint density at radius 2 is 1.76 bits per heavy atom. The van der Waals surface area contributed by atoms with Gasteiger partial charge in [-0.1, -0.05) is 44.2 Å². The zero-order valence-corrected chi connectivity index (χ0v) is 12.4. The normalized spacial score (nSPS) is 32.9. The number of carbonyl (C=O) groups excluding carboxylic acids is 1. The lowest BCUT2D eigenvalue weighted by Crippen LogP contribution is -2.50. The van der Waals surface area contributed by atoms with E-state index in [4.69, 9.17) is 5.11 Å². The summed E-state index contributed by atoms with van der Waals surface area (Å²) >= 11 is 0. The molecule has 4 heteroatoms. The summed E-state index contributed by atoms with van der Waals surface area (Å²) in [5.41, 5.74) is 0.554. The van der Waals surface area contributed by atoms with Crippen molar-refractivity contribution in [2.24, 2.45) is 11.3 Å². The predicted octanol–water partition coefficient (Wildman–Crippen LogP) is 2.33. The highest BCUT2D eigenvalue weighted by atomic mass is 16.4. The molecular weight excluding hydrogens is 266 g/mol. The van der Waals surface area contributed by atoms with Crippen LogP contribution in [0.4, 0.5) is 0 Å². The van der Waals surface area contributed by atoms with Crippen LogP contribution in [0.1, 0.15) is 38.7 Å². The molecule has 1 amide bonds. The second-order valence-corrected chi connectivity index (χ2v) is 7.01. The zero-order valence-electron chi connectivity index (χ0n) is 12.4. The van der Waals surface area contributed by atoms with E-state index < -0.39 is 11.4 Å². The van der Waals surface area contributed by atoms with E-state index in [1.165, 1.54) is 0 Å². The van der Waals surface area contributed by atoms with Crippen LogP contribution in [0.25, 0.3) is 0 Å². The molecule has 0 aromatic heterocycles. The highest BCUT2D eigenvalue weighted by molar-refractivity contribution is 5.93. The zero-order chi connectivity index (χ0) is 15.3. The van der Waals surface area contributed by atoms with Gasteiger partial charge < -0.3 is 10.4 Å². The molecule has 4 nitrogen and oxygen atoms in total. The van der Waals surface area contributed by atoms with Gasteiger partial charge in [0.2, 0.25) is 5.91 Å². The predicted molar refractivity (Wildman–Crippen MR) is 78.8 cm³/mol. The van der Waals surface area contributed by atoms with Crippen molar-refractivity contribution in [3.8, 4) is 0 Å². The van der Waals surface area contributed by atoms with Gasteiger partial charge in [-0.2, -0.15) is 0 Å². The second-order valence-electron chi connectivity index (χ2n) is 7.01. The molecule has 0 unspecified atom stereocenters. The van der Waals surface area contributed by atoms with E-state index in [1.54, 1.807) is 0 Å². The largest absolute Gasteiger partial charge is 0.481 e. The minimum atomic E-state index is -0.759. The number of benzene rings is 1. The number of nitrogens with one attached hydrogen (secondary N) is 1. The van der Waals surface area contributed by atoms with E-state index in [2.05, 4.69) is 19.2 Å². The first-order valence-corrected chi connectivity index (χ1v) is 7.46. The average molecular weight is 287 g/mol. The topological polar surface area (TPSA) is 66.4 Å². The Hall–Kier alpha value is -1.84. The Morgan fingerprint density at radius 3 is 2.24 bits per heavy atom. The van der Waals surface area contributed by atoms with Gasteiger partial charge in [0.25, 0.3) is 0 Å². The Morgan fingerprint density at radius 1 is 1.19 bits per heavy atom. The first-order chi connectivity index (χ1) is 9.87. The molecular formula is C17H21NO3. The van der Waals surface area contributed by atoms with E-state index in [1.807, 2.05) is 30.3 Å². The van der Waals surface area contributed by atoms with E-state index in [9.17, 15) is 9.59 Å². The van der Waals surface area contributed by atoms with Crippen molar-refractivity contribution in [1.29, 1.82) is 0 Å². The fourth-order valence-electron chi connectivity index (χ4n) is 3.60. The van der Waals surface area contributed by atoms with Gasteiger partial charge >= 0.3 is 5.97 Å². The second kappa shape index (κ2) is 4.58. The van der Waals surface area contributed by atoms with Crippen LogP contribution in [0.3, 0.4) is 0 Å². The number of carboxylic acid groups (broad SMARTS) is 1. The molecule has 0 spiro atoms. The SMILES string of the molecule is CC1(C)C[C@]1(C(=O)NC1CC(C(=O)O)C1)c1ccccc1. The van der Waals surface area contributed by atoms with Gasteiger partial charge in [-0.3, -0.25) is 9.59 Å². The smallest absolute Gasteiger partial charge is 0.306 e. The lowest BCUT2D eigenvalue weighted by Gasteiger charge is -2.34. The molecule has 0 bridgehead atoms. The quantitative estimate of drug-likeness (QED) is 0.893. The van der Waals surface area contributed by atoms with Crippen molar-refractivity contribution in [3.05, 3.63) is 35.9 Å². The van der Waals surface area contributed by atoms with Crippen molar-refractivity contribution in [2.75, 3.05) is 0 Å². The minimum absolute atomic E-state index is 0.00980. The number of carboxylic acids is 1. The van der Waals surface area contributed by atoms with Gasteiger partial charge in [0.15, 0.2) is 0 Å². The standard InChI is InChI=1S/C17H21NO3/c1-16(2)10-17(16,12-6-4-3-5-7-12)15(21)18-13-8-11(9-13)14(19)20/h3-7,11,13H,8-10H2,1-2H3,(H,18,21)(H,19,20)/t11?,13?,17-/m1/s1. The molecule has 1 aromatic carbocycles. The van der Waals surface area contributed by atoms with E-state index in [-0.39, 0.29) is 23.3 Å². The molecule has 2 aliphatic carbocycles. The molecule has 112 valence electrons. The monoisotopic (exact) mass is 287 g/mol. The first-order valence-electron chi connectivity index (χ1n) is 7.46. The third kappa shape index (κ3) is 2.13. The van der Waals surface area contributed by atoms with Crippen molar-refractivity contribution in [1.82, 2.24) is 5.32 Å². The number of amides is 1. The molecule has 2 fully saturated rings. The molecule has 0 saturated heterocycles.